The fourth-order valence-corrected chi connectivity index (χ4v) is 2.31. The number of pyridine rings is 1. The summed E-state index contributed by atoms with van der Waals surface area (Å²) in [5.74, 6) is 0.912. The van der Waals surface area contributed by atoms with E-state index in [1.165, 1.54) is 50.8 Å². The third kappa shape index (κ3) is 3.63. The van der Waals surface area contributed by atoms with E-state index < -0.39 is 0 Å². The molecule has 2 rings (SSSR count). The molecule has 1 unspecified atom stereocenters. The third-order valence-corrected chi connectivity index (χ3v) is 3.20. The molecule has 15 heavy (non-hydrogen) atoms. The Morgan fingerprint density at radius 2 is 2.47 bits per heavy atom. The summed E-state index contributed by atoms with van der Waals surface area (Å²) in [6, 6.07) is 4.20. The highest BCUT2D eigenvalue weighted by Crippen LogP contribution is 2.17. The molecule has 1 fully saturated rings. The molecule has 2 nitrogen and oxygen atoms in total. The van der Waals surface area contributed by atoms with Crippen molar-refractivity contribution in [3.8, 4) is 0 Å². The van der Waals surface area contributed by atoms with Crippen LogP contribution in [0.15, 0.2) is 24.5 Å². The van der Waals surface area contributed by atoms with Crippen LogP contribution in [0.3, 0.4) is 0 Å². The number of aromatic nitrogens is 1. The van der Waals surface area contributed by atoms with Gasteiger partial charge < -0.3 is 5.32 Å². The molecule has 0 aliphatic carbocycles. The van der Waals surface area contributed by atoms with Crippen LogP contribution < -0.4 is 5.32 Å². The van der Waals surface area contributed by atoms with E-state index in [9.17, 15) is 0 Å². The van der Waals surface area contributed by atoms with Crippen LogP contribution in [0.4, 0.5) is 0 Å². The Hall–Kier alpha value is -0.890. The Morgan fingerprint density at radius 3 is 3.20 bits per heavy atom. The first kappa shape index (κ1) is 10.6. The van der Waals surface area contributed by atoms with Crippen molar-refractivity contribution in [1.82, 2.24) is 10.3 Å². The zero-order chi connectivity index (χ0) is 10.3. The van der Waals surface area contributed by atoms with Crippen LogP contribution in [0, 0.1) is 5.92 Å². The first-order valence-electron chi connectivity index (χ1n) is 6.05. The summed E-state index contributed by atoms with van der Waals surface area (Å²) in [5, 5.41) is 3.47. The average molecular weight is 204 g/mol. The van der Waals surface area contributed by atoms with Gasteiger partial charge in [0.25, 0.3) is 0 Å². The second kappa shape index (κ2) is 5.86. The lowest BCUT2D eigenvalue weighted by Gasteiger charge is -2.22. The second-order valence-electron chi connectivity index (χ2n) is 4.47. The first-order valence-corrected chi connectivity index (χ1v) is 6.05. The molecule has 2 heterocycles. The van der Waals surface area contributed by atoms with E-state index in [1.54, 1.807) is 0 Å². The predicted octanol–water partition coefficient (Wildman–Crippen LogP) is 2.40. The molecule has 0 spiro atoms. The maximum atomic E-state index is 4.14. The molecule has 1 N–H and O–H groups in total. The number of hydrogen-bond donors (Lipinski definition) is 1. The Kier molecular flexibility index (Phi) is 4.15. The minimum Gasteiger partial charge on any atom is -0.316 e. The molecule has 1 atom stereocenters. The van der Waals surface area contributed by atoms with E-state index in [0.29, 0.717) is 0 Å². The van der Waals surface area contributed by atoms with Gasteiger partial charge in [-0.1, -0.05) is 6.07 Å². The molecule has 2 heteroatoms. The van der Waals surface area contributed by atoms with Crippen LogP contribution in [0.2, 0.25) is 0 Å². The van der Waals surface area contributed by atoms with Gasteiger partial charge in [-0.2, -0.15) is 0 Å². The summed E-state index contributed by atoms with van der Waals surface area (Å²) in [6.07, 6.45) is 10.5. The van der Waals surface area contributed by atoms with Crippen molar-refractivity contribution in [1.29, 1.82) is 0 Å². The van der Waals surface area contributed by atoms with Gasteiger partial charge in [0.05, 0.1) is 0 Å². The Morgan fingerprint density at radius 1 is 1.47 bits per heavy atom. The number of piperidine rings is 1. The summed E-state index contributed by atoms with van der Waals surface area (Å²) >= 11 is 0. The normalized spacial score (nSPS) is 21.5. The van der Waals surface area contributed by atoms with Crippen LogP contribution in [0.1, 0.15) is 31.2 Å². The second-order valence-corrected chi connectivity index (χ2v) is 4.47. The smallest absolute Gasteiger partial charge is 0.0299 e. The van der Waals surface area contributed by atoms with E-state index >= 15 is 0 Å². The summed E-state index contributed by atoms with van der Waals surface area (Å²) in [7, 11) is 0. The van der Waals surface area contributed by atoms with Crippen molar-refractivity contribution in [3.05, 3.63) is 30.1 Å². The number of nitrogens with zero attached hydrogens (tertiary/aromatic N) is 1. The van der Waals surface area contributed by atoms with E-state index in [1.807, 2.05) is 18.5 Å². The fourth-order valence-electron chi connectivity index (χ4n) is 2.31. The molecule has 0 bridgehead atoms. The summed E-state index contributed by atoms with van der Waals surface area (Å²) in [6.45, 7) is 2.45. The summed E-state index contributed by atoms with van der Waals surface area (Å²) < 4.78 is 0. The maximum absolute atomic E-state index is 4.14. The van der Waals surface area contributed by atoms with Gasteiger partial charge in [-0.05, 0) is 62.7 Å². The molecule has 1 aliphatic rings. The van der Waals surface area contributed by atoms with Gasteiger partial charge in [0.2, 0.25) is 0 Å². The molecular weight excluding hydrogens is 184 g/mol. The van der Waals surface area contributed by atoms with Crippen LogP contribution >= 0.6 is 0 Å². The minimum absolute atomic E-state index is 0.912. The van der Waals surface area contributed by atoms with Gasteiger partial charge in [-0.15, -0.1) is 0 Å². The highest BCUT2D eigenvalue weighted by molar-refractivity contribution is 5.08. The number of hydrogen-bond acceptors (Lipinski definition) is 2. The van der Waals surface area contributed by atoms with Crippen molar-refractivity contribution >= 4 is 0 Å². The van der Waals surface area contributed by atoms with Crippen molar-refractivity contribution < 1.29 is 0 Å². The number of aryl methyl sites for hydroxylation is 1. The van der Waals surface area contributed by atoms with Crippen LogP contribution in [0.25, 0.3) is 0 Å². The topological polar surface area (TPSA) is 24.9 Å². The van der Waals surface area contributed by atoms with Gasteiger partial charge in [0, 0.05) is 12.4 Å². The Bertz CT molecular complexity index is 265. The zero-order valence-electron chi connectivity index (χ0n) is 9.28. The minimum atomic E-state index is 0.912. The highest BCUT2D eigenvalue weighted by atomic mass is 14.9. The van der Waals surface area contributed by atoms with Gasteiger partial charge in [-0.3, -0.25) is 4.98 Å². The molecule has 1 saturated heterocycles. The SMILES string of the molecule is c1cncc(CCCC2CCCNC2)c1. The molecule has 1 aromatic rings. The fraction of sp³-hybridized carbons (Fsp3) is 0.615. The van der Waals surface area contributed by atoms with E-state index in [2.05, 4.69) is 16.4 Å². The quantitative estimate of drug-likeness (QED) is 0.814. The lowest BCUT2D eigenvalue weighted by Crippen LogP contribution is -2.29. The van der Waals surface area contributed by atoms with E-state index in [0.717, 1.165) is 5.92 Å². The first-order chi connectivity index (χ1) is 7.45. The zero-order valence-corrected chi connectivity index (χ0v) is 9.28. The molecule has 0 saturated carbocycles. The number of rotatable bonds is 4. The maximum Gasteiger partial charge on any atom is 0.0299 e. The number of nitrogens with one attached hydrogen (secondary N) is 1. The van der Waals surface area contributed by atoms with Gasteiger partial charge in [-0.25, -0.2) is 0 Å². The lowest BCUT2D eigenvalue weighted by atomic mass is 9.93. The molecular formula is C13H20N2. The van der Waals surface area contributed by atoms with Crippen molar-refractivity contribution in [3.63, 3.8) is 0 Å². The van der Waals surface area contributed by atoms with Gasteiger partial charge >= 0.3 is 0 Å². The highest BCUT2D eigenvalue weighted by Gasteiger charge is 2.11. The monoisotopic (exact) mass is 204 g/mol. The van der Waals surface area contributed by atoms with E-state index in [-0.39, 0.29) is 0 Å². The Balaban J connectivity index is 1.66. The predicted molar refractivity (Wildman–Crippen MR) is 62.8 cm³/mol. The van der Waals surface area contributed by atoms with Crippen LogP contribution in [-0.2, 0) is 6.42 Å². The third-order valence-electron chi connectivity index (χ3n) is 3.20. The standard InChI is InChI=1S/C13H20N2/c1(4-12-6-2-8-14-10-12)5-13-7-3-9-15-11-13/h2,6,8,10,13,15H,1,3-5,7,9,11H2. The van der Waals surface area contributed by atoms with Crippen molar-refractivity contribution in [2.75, 3.05) is 13.1 Å². The molecule has 0 amide bonds. The van der Waals surface area contributed by atoms with Crippen LogP contribution in [0.5, 0.6) is 0 Å². The molecule has 1 aliphatic heterocycles. The van der Waals surface area contributed by atoms with Crippen LogP contribution in [-0.4, -0.2) is 18.1 Å². The van der Waals surface area contributed by atoms with Gasteiger partial charge in [0.1, 0.15) is 0 Å². The van der Waals surface area contributed by atoms with Crippen molar-refractivity contribution in [2.45, 2.75) is 32.1 Å². The largest absolute Gasteiger partial charge is 0.316 e. The van der Waals surface area contributed by atoms with Crippen molar-refractivity contribution in [2.24, 2.45) is 5.92 Å². The lowest BCUT2D eigenvalue weighted by molar-refractivity contribution is 0.351. The summed E-state index contributed by atoms with van der Waals surface area (Å²) in [5.41, 5.74) is 1.38. The summed E-state index contributed by atoms with van der Waals surface area (Å²) in [4.78, 5) is 4.14. The van der Waals surface area contributed by atoms with E-state index in [4.69, 9.17) is 0 Å². The molecule has 82 valence electrons. The van der Waals surface area contributed by atoms with Gasteiger partial charge in [0.15, 0.2) is 0 Å². The molecule has 1 aromatic heterocycles. The average Bonchev–Trinajstić information content (AvgIpc) is 2.32. The molecule has 0 radical (unpaired) electrons. The molecule has 0 aromatic carbocycles. The Labute approximate surface area is 92.1 Å².